The van der Waals surface area contributed by atoms with Crippen LogP contribution in [0.5, 0.6) is 23.0 Å². The van der Waals surface area contributed by atoms with Crippen LogP contribution in [-0.4, -0.2) is 32.6 Å². The van der Waals surface area contributed by atoms with Gasteiger partial charge in [-0.25, -0.2) is 0 Å². The van der Waals surface area contributed by atoms with Crippen LogP contribution in [0, 0.1) is 0 Å². The molecule has 4 N–H and O–H groups in total. The van der Waals surface area contributed by atoms with Crippen molar-refractivity contribution in [3.05, 3.63) is 47.0 Å². The second-order valence-corrected chi connectivity index (χ2v) is 5.73. The Morgan fingerprint density at radius 3 is 2.62 bits per heavy atom. The zero-order valence-electron chi connectivity index (χ0n) is 11.1. The third-order valence-electron chi connectivity index (χ3n) is 4.41. The molecule has 2 aliphatic rings. The predicted octanol–water partition coefficient (Wildman–Crippen LogP) is 1.61. The maximum Gasteiger partial charge on any atom is 0.161 e. The van der Waals surface area contributed by atoms with Gasteiger partial charge in [0.2, 0.25) is 0 Å². The van der Waals surface area contributed by atoms with Crippen LogP contribution in [0.15, 0.2) is 30.3 Å². The van der Waals surface area contributed by atoms with Gasteiger partial charge in [0.1, 0.15) is 23.7 Å². The number of fused-ring (bicyclic) bond motifs is 5. The Hall–Kier alpha value is -2.40. The van der Waals surface area contributed by atoms with Gasteiger partial charge in [0.05, 0.1) is 0 Å². The minimum atomic E-state index is -1.16. The highest BCUT2D eigenvalue weighted by molar-refractivity contribution is 5.60. The van der Waals surface area contributed by atoms with Gasteiger partial charge in [0.25, 0.3) is 0 Å². The molecule has 21 heavy (non-hydrogen) atoms. The molecule has 0 aromatic heterocycles. The second-order valence-electron chi connectivity index (χ2n) is 5.73. The summed E-state index contributed by atoms with van der Waals surface area (Å²) < 4.78 is 5.57. The molecule has 4 rings (SSSR count). The molecule has 5 nitrogen and oxygen atoms in total. The third-order valence-corrected chi connectivity index (χ3v) is 4.41. The van der Waals surface area contributed by atoms with Gasteiger partial charge in [-0.05, 0) is 17.7 Å². The summed E-state index contributed by atoms with van der Waals surface area (Å²) in [4.78, 5) is 0. The molecule has 2 aromatic rings. The van der Waals surface area contributed by atoms with E-state index in [-0.39, 0.29) is 36.2 Å². The van der Waals surface area contributed by atoms with Crippen molar-refractivity contribution in [1.82, 2.24) is 0 Å². The van der Waals surface area contributed by atoms with E-state index in [0.29, 0.717) is 11.3 Å². The van der Waals surface area contributed by atoms with Crippen LogP contribution in [0.4, 0.5) is 0 Å². The third kappa shape index (κ3) is 1.55. The SMILES string of the molecule is Oc1ccc2c(c1)OC[C@]1(O)Cc3c(ccc(O)c3O)[C@H]21. The quantitative estimate of drug-likeness (QED) is 0.552. The van der Waals surface area contributed by atoms with Gasteiger partial charge < -0.3 is 25.2 Å². The number of benzene rings is 2. The van der Waals surface area contributed by atoms with E-state index in [1.807, 2.05) is 0 Å². The van der Waals surface area contributed by atoms with Crippen LogP contribution in [0.1, 0.15) is 22.6 Å². The average molecular weight is 286 g/mol. The van der Waals surface area contributed by atoms with E-state index in [0.717, 1.165) is 11.1 Å². The van der Waals surface area contributed by atoms with Crippen molar-refractivity contribution in [3.63, 3.8) is 0 Å². The van der Waals surface area contributed by atoms with Crippen molar-refractivity contribution in [2.24, 2.45) is 0 Å². The minimum Gasteiger partial charge on any atom is -0.508 e. The monoisotopic (exact) mass is 286 g/mol. The van der Waals surface area contributed by atoms with Gasteiger partial charge in [-0.15, -0.1) is 0 Å². The molecule has 1 heterocycles. The van der Waals surface area contributed by atoms with Crippen molar-refractivity contribution >= 4 is 0 Å². The lowest BCUT2D eigenvalue weighted by Gasteiger charge is -2.36. The van der Waals surface area contributed by atoms with Gasteiger partial charge in [0, 0.05) is 29.5 Å². The Morgan fingerprint density at radius 2 is 1.81 bits per heavy atom. The van der Waals surface area contributed by atoms with Crippen molar-refractivity contribution in [3.8, 4) is 23.0 Å². The smallest absolute Gasteiger partial charge is 0.161 e. The van der Waals surface area contributed by atoms with Crippen LogP contribution in [-0.2, 0) is 6.42 Å². The zero-order valence-corrected chi connectivity index (χ0v) is 11.1. The number of aliphatic hydroxyl groups is 1. The normalized spacial score (nSPS) is 25.7. The maximum atomic E-state index is 10.9. The number of rotatable bonds is 0. The van der Waals surface area contributed by atoms with Crippen LogP contribution in [0.25, 0.3) is 0 Å². The Kier molecular flexibility index (Phi) is 2.25. The summed E-state index contributed by atoms with van der Waals surface area (Å²) in [6, 6.07) is 7.93. The number of aromatic hydroxyl groups is 3. The lowest BCUT2D eigenvalue weighted by Crippen LogP contribution is -2.43. The maximum absolute atomic E-state index is 10.9. The van der Waals surface area contributed by atoms with Gasteiger partial charge in [0.15, 0.2) is 11.5 Å². The van der Waals surface area contributed by atoms with E-state index in [2.05, 4.69) is 0 Å². The molecule has 5 heteroatoms. The summed E-state index contributed by atoms with van der Waals surface area (Å²) in [5, 5.41) is 40.1. The molecule has 0 unspecified atom stereocenters. The van der Waals surface area contributed by atoms with Gasteiger partial charge >= 0.3 is 0 Å². The lowest BCUT2D eigenvalue weighted by atomic mass is 9.80. The minimum absolute atomic E-state index is 0.0724. The number of hydrogen-bond donors (Lipinski definition) is 4. The first-order chi connectivity index (χ1) is 9.99. The summed E-state index contributed by atoms with van der Waals surface area (Å²) in [6.45, 7) is 0.0724. The molecule has 0 fully saturated rings. The molecule has 1 aliphatic heterocycles. The number of phenols is 3. The van der Waals surface area contributed by atoms with Gasteiger partial charge in [-0.2, -0.15) is 0 Å². The fourth-order valence-corrected chi connectivity index (χ4v) is 3.47. The summed E-state index contributed by atoms with van der Waals surface area (Å²) in [5.74, 6) is -0.0853. The molecule has 1 aliphatic carbocycles. The molecule has 0 spiro atoms. The predicted molar refractivity (Wildman–Crippen MR) is 73.9 cm³/mol. The highest BCUT2D eigenvalue weighted by Crippen LogP contribution is 2.54. The number of hydrogen-bond acceptors (Lipinski definition) is 5. The number of phenolic OH excluding ortho intramolecular Hbond substituents is 3. The molecule has 2 aromatic carbocycles. The van der Waals surface area contributed by atoms with E-state index in [4.69, 9.17) is 4.74 Å². The molecule has 0 saturated heterocycles. The Balaban J connectivity index is 1.96. The Morgan fingerprint density at radius 1 is 1.05 bits per heavy atom. The second kappa shape index (κ2) is 3.83. The molecular weight excluding hydrogens is 272 g/mol. The highest BCUT2D eigenvalue weighted by atomic mass is 16.5. The Labute approximate surface area is 120 Å². The number of ether oxygens (including phenoxy) is 1. The average Bonchev–Trinajstić information content (AvgIpc) is 2.77. The van der Waals surface area contributed by atoms with Crippen LogP contribution in [0.2, 0.25) is 0 Å². The lowest BCUT2D eigenvalue weighted by molar-refractivity contribution is -0.0220. The fourth-order valence-electron chi connectivity index (χ4n) is 3.47. The zero-order chi connectivity index (χ0) is 14.8. The standard InChI is InChI=1S/C16H14O5/c17-8-1-2-10-13(5-8)21-7-16(20)6-11-9(14(10)16)3-4-12(18)15(11)19/h1-5,14,17-20H,6-7H2/t14-,16-/m1/s1. The van der Waals surface area contributed by atoms with Gasteiger partial charge in [-0.1, -0.05) is 12.1 Å². The molecule has 0 saturated carbocycles. The van der Waals surface area contributed by atoms with Crippen LogP contribution < -0.4 is 4.74 Å². The topological polar surface area (TPSA) is 90.2 Å². The van der Waals surface area contributed by atoms with E-state index in [9.17, 15) is 20.4 Å². The molecule has 2 atom stereocenters. The van der Waals surface area contributed by atoms with Crippen molar-refractivity contribution in [2.45, 2.75) is 17.9 Å². The van der Waals surface area contributed by atoms with E-state index < -0.39 is 5.60 Å². The van der Waals surface area contributed by atoms with Crippen LogP contribution >= 0.6 is 0 Å². The fraction of sp³-hybridized carbons (Fsp3) is 0.250. The molecule has 0 bridgehead atoms. The van der Waals surface area contributed by atoms with Crippen molar-refractivity contribution in [2.75, 3.05) is 6.61 Å². The Bertz CT molecular complexity index is 755. The van der Waals surface area contributed by atoms with Crippen molar-refractivity contribution in [1.29, 1.82) is 0 Å². The van der Waals surface area contributed by atoms with E-state index >= 15 is 0 Å². The van der Waals surface area contributed by atoms with E-state index in [1.54, 1.807) is 18.2 Å². The van der Waals surface area contributed by atoms with E-state index in [1.165, 1.54) is 12.1 Å². The van der Waals surface area contributed by atoms with Crippen molar-refractivity contribution < 1.29 is 25.2 Å². The molecule has 108 valence electrons. The first-order valence-corrected chi connectivity index (χ1v) is 6.71. The molecular formula is C16H14O5. The largest absolute Gasteiger partial charge is 0.508 e. The summed E-state index contributed by atoms with van der Waals surface area (Å²) in [5.41, 5.74) is 0.942. The van der Waals surface area contributed by atoms with Gasteiger partial charge in [-0.3, -0.25) is 0 Å². The first kappa shape index (κ1) is 12.3. The first-order valence-electron chi connectivity index (χ1n) is 6.71. The molecule has 0 amide bonds. The summed E-state index contributed by atoms with van der Waals surface area (Å²) in [7, 11) is 0. The summed E-state index contributed by atoms with van der Waals surface area (Å²) in [6.07, 6.45) is 0.216. The molecule has 0 radical (unpaired) electrons. The highest BCUT2D eigenvalue weighted by Gasteiger charge is 2.51. The summed E-state index contributed by atoms with van der Waals surface area (Å²) >= 11 is 0. The van der Waals surface area contributed by atoms with Crippen LogP contribution in [0.3, 0.4) is 0 Å².